The summed E-state index contributed by atoms with van der Waals surface area (Å²) in [6.45, 7) is 4.67. The molecule has 0 radical (unpaired) electrons. The van der Waals surface area contributed by atoms with Gasteiger partial charge in [-0.05, 0) is 32.2 Å². The zero-order chi connectivity index (χ0) is 20.9. The normalized spacial score (nSPS) is 32.8. The molecule has 0 spiro atoms. The third-order valence-electron chi connectivity index (χ3n) is 6.76. The van der Waals surface area contributed by atoms with Gasteiger partial charge in [-0.2, -0.15) is 0 Å². The number of unbranched alkanes of at least 4 members (excludes halogenated alkanes) is 1. The fourth-order valence-electron chi connectivity index (χ4n) is 5.27. The van der Waals surface area contributed by atoms with Crippen LogP contribution in [-0.2, 0) is 19.6 Å². The molecule has 1 amide bonds. The SMILES string of the molecule is O=C1[C@@H]2[C@@H]([C@@H]3CC[C@H]2O3)S(=O)(=O)N1CCCCN1CCN(c2cncc(Cl)n2)CC1. The quantitative estimate of drug-likeness (QED) is 0.580. The van der Waals surface area contributed by atoms with Crippen molar-refractivity contribution in [1.82, 2.24) is 19.2 Å². The van der Waals surface area contributed by atoms with Gasteiger partial charge < -0.3 is 9.64 Å². The highest BCUT2D eigenvalue weighted by Crippen LogP contribution is 2.48. The molecule has 4 saturated heterocycles. The van der Waals surface area contributed by atoms with Crippen molar-refractivity contribution in [2.45, 2.75) is 43.1 Å². The Bertz CT molecular complexity index is 923. The van der Waals surface area contributed by atoms with Gasteiger partial charge in [0.25, 0.3) is 0 Å². The first-order valence-corrected chi connectivity index (χ1v) is 12.5. The van der Waals surface area contributed by atoms with E-state index in [1.165, 1.54) is 6.20 Å². The number of piperazine rings is 1. The van der Waals surface area contributed by atoms with E-state index in [4.69, 9.17) is 16.3 Å². The molecule has 4 atom stereocenters. The van der Waals surface area contributed by atoms with E-state index in [2.05, 4.69) is 19.8 Å². The number of amides is 1. The smallest absolute Gasteiger partial charge is 0.243 e. The molecule has 0 saturated carbocycles. The Morgan fingerprint density at radius 1 is 1.07 bits per heavy atom. The number of rotatable bonds is 6. The Kier molecular flexibility index (Phi) is 5.37. The third kappa shape index (κ3) is 3.47. The van der Waals surface area contributed by atoms with E-state index in [-0.39, 0.29) is 24.7 Å². The molecule has 1 aromatic rings. The van der Waals surface area contributed by atoms with Crippen LogP contribution >= 0.6 is 11.6 Å². The van der Waals surface area contributed by atoms with Crippen molar-refractivity contribution in [1.29, 1.82) is 0 Å². The van der Waals surface area contributed by atoms with Gasteiger partial charge in [0.1, 0.15) is 16.2 Å². The number of ether oxygens (including phenoxy) is 1. The molecule has 164 valence electrons. The lowest BCUT2D eigenvalue weighted by atomic mass is 9.88. The van der Waals surface area contributed by atoms with Crippen LogP contribution in [0.1, 0.15) is 25.7 Å². The van der Waals surface area contributed by atoms with E-state index >= 15 is 0 Å². The summed E-state index contributed by atoms with van der Waals surface area (Å²) in [4.78, 5) is 25.6. The number of hydrogen-bond donors (Lipinski definition) is 0. The van der Waals surface area contributed by atoms with Crippen molar-refractivity contribution < 1.29 is 17.9 Å². The van der Waals surface area contributed by atoms with Crippen LogP contribution < -0.4 is 4.90 Å². The molecule has 0 unspecified atom stereocenters. The van der Waals surface area contributed by atoms with E-state index in [9.17, 15) is 13.2 Å². The summed E-state index contributed by atoms with van der Waals surface area (Å²) in [5, 5.41) is -0.253. The average molecular weight is 456 g/mol. The maximum absolute atomic E-state index is 12.9. The highest BCUT2D eigenvalue weighted by molar-refractivity contribution is 7.90. The number of carbonyl (C=O) groups is 1. The van der Waals surface area contributed by atoms with Gasteiger partial charge in [-0.25, -0.2) is 17.7 Å². The lowest BCUT2D eigenvalue weighted by Crippen LogP contribution is -2.47. The highest BCUT2D eigenvalue weighted by atomic mass is 35.5. The largest absolute Gasteiger partial charge is 0.373 e. The number of hydrogen-bond acceptors (Lipinski definition) is 8. The minimum atomic E-state index is -3.58. The molecule has 11 heteroatoms. The molecule has 30 heavy (non-hydrogen) atoms. The Balaban J connectivity index is 1.08. The van der Waals surface area contributed by atoms with Gasteiger partial charge in [-0.3, -0.25) is 14.7 Å². The first-order valence-electron chi connectivity index (χ1n) is 10.6. The number of fused-ring (bicyclic) bond motifs is 5. The van der Waals surface area contributed by atoms with Gasteiger partial charge in [0.15, 0.2) is 0 Å². The van der Waals surface area contributed by atoms with Crippen LogP contribution in [0.4, 0.5) is 5.82 Å². The van der Waals surface area contributed by atoms with E-state index in [0.717, 1.165) is 62.1 Å². The van der Waals surface area contributed by atoms with Gasteiger partial charge in [0.05, 0.1) is 30.5 Å². The van der Waals surface area contributed by atoms with Crippen LogP contribution in [0.5, 0.6) is 0 Å². The highest BCUT2D eigenvalue weighted by Gasteiger charge is 2.65. The number of aromatic nitrogens is 2. The second kappa shape index (κ2) is 7.89. The monoisotopic (exact) mass is 455 g/mol. The predicted octanol–water partition coefficient (Wildman–Crippen LogP) is 0.750. The Morgan fingerprint density at radius 2 is 1.80 bits per heavy atom. The summed E-state index contributed by atoms with van der Waals surface area (Å²) in [6, 6.07) is 0. The van der Waals surface area contributed by atoms with Crippen molar-refractivity contribution in [3.8, 4) is 0 Å². The van der Waals surface area contributed by atoms with E-state index in [0.29, 0.717) is 11.6 Å². The molecule has 5 rings (SSSR count). The number of nitrogens with zero attached hydrogens (tertiary/aromatic N) is 5. The molecule has 0 N–H and O–H groups in total. The summed E-state index contributed by atoms with van der Waals surface area (Å²) in [7, 11) is -3.58. The lowest BCUT2D eigenvalue weighted by molar-refractivity contribution is -0.130. The zero-order valence-electron chi connectivity index (χ0n) is 16.7. The van der Waals surface area contributed by atoms with E-state index < -0.39 is 21.2 Å². The van der Waals surface area contributed by atoms with Gasteiger partial charge in [-0.1, -0.05) is 11.6 Å². The summed E-state index contributed by atoms with van der Waals surface area (Å²) >= 11 is 5.92. The zero-order valence-corrected chi connectivity index (χ0v) is 18.3. The van der Waals surface area contributed by atoms with Gasteiger partial charge in [-0.15, -0.1) is 0 Å². The summed E-state index contributed by atoms with van der Waals surface area (Å²) < 4.78 is 32.5. The van der Waals surface area contributed by atoms with E-state index in [1.807, 2.05) is 0 Å². The fraction of sp³-hybridized carbons (Fsp3) is 0.737. The van der Waals surface area contributed by atoms with Crippen LogP contribution in [0.2, 0.25) is 5.15 Å². The molecule has 1 aromatic heterocycles. The standard InChI is InChI=1S/C19H26ClN5O4S/c20-15-11-21-12-16(22-15)24-9-7-23(8-10-24)5-1-2-6-25-19(26)17-13-3-4-14(29-13)18(17)30(25,27)28/h11-14,17-18H,1-10H2/t13-,14+,17+,18-/m1/s1. The Hall–Kier alpha value is -1.49. The average Bonchev–Trinajstić information content (AvgIpc) is 3.40. The van der Waals surface area contributed by atoms with Crippen molar-refractivity contribution in [2.24, 2.45) is 5.92 Å². The minimum Gasteiger partial charge on any atom is -0.373 e. The van der Waals surface area contributed by atoms with Crippen LogP contribution in [0.15, 0.2) is 12.4 Å². The molecule has 0 aromatic carbocycles. The number of carbonyl (C=O) groups excluding carboxylic acids is 1. The lowest BCUT2D eigenvalue weighted by Gasteiger charge is -2.35. The summed E-state index contributed by atoms with van der Waals surface area (Å²) in [6.07, 6.45) is 5.84. The summed E-state index contributed by atoms with van der Waals surface area (Å²) in [5.74, 6) is 0.0725. The van der Waals surface area contributed by atoms with Gasteiger partial charge in [0, 0.05) is 32.7 Å². The molecule has 4 fully saturated rings. The van der Waals surface area contributed by atoms with Crippen LogP contribution in [-0.4, -0.2) is 90.2 Å². The maximum atomic E-state index is 12.9. The minimum absolute atomic E-state index is 0.201. The molecule has 4 aliphatic heterocycles. The Morgan fingerprint density at radius 3 is 2.53 bits per heavy atom. The molecular weight excluding hydrogens is 430 g/mol. The number of halogens is 1. The number of sulfonamides is 1. The topological polar surface area (TPSA) is 95.9 Å². The molecule has 4 aliphatic rings. The second-order valence-corrected chi connectivity index (χ2v) is 10.9. The van der Waals surface area contributed by atoms with Crippen molar-refractivity contribution in [3.63, 3.8) is 0 Å². The molecule has 9 nitrogen and oxygen atoms in total. The van der Waals surface area contributed by atoms with E-state index in [1.54, 1.807) is 6.20 Å². The summed E-state index contributed by atoms with van der Waals surface area (Å²) in [5.41, 5.74) is 0. The molecule has 0 aliphatic carbocycles. The fourth-order valence-corrected chi connectivity index (χ4v) is 7.71. The molecule has 5 heterocycles. The first-order chi connectivity index (χ1) is 14.4. The molecule has 2 bridgehead atoms. The first kappa shape index (κ1) is 20.4. The maximum Gasteiger partial charge on any atom is 0.243 e. The second-order valence-electron chi connectivity index (χ2n) is 8.47. The Labute approximate surface area is 181 Å². The predicted molar refractivity (Wildman–Crippen MR) is 111 cm³/mol. The van der Waals surface area contributed by atoms with Crippen molar-refractivity contribution in [3.05, 3.63) is 17.5 Å². The van der Waals surface area contributed by atoms with Gasteiger partial charge in [0.2, 0.25) is 15.9 Å². The third-order valence-corrected chi connectivity index (χ3v) is 9.21. The van der Waals surface area contributed by atoms with Crippen LogP contribution in [0.3, 0.4) is 0 Å². The van der Waals surface area contributed by atoms with Crippen molar-refractivity contribution in [2.75, 3.05) is 44.2 Å². The van der Waals surface area contributed by atoms with Gasteiger partial charge >= 0.3 is 0 Å². The van der Waals surface area contributed by atoms with Crippen molar-refractivity contribution >= 4 is 33.3 Å². The van der Waals surface area contributed by atoms with Crippen LogP contribution in [0, 0.1) is 5.92 Å². The molecular formula is C19H26ClN5O4S. The number of anilines is 1. The van der Waals surface area contributed by atoms with Crippen LogP contribution in [0.25, 0.3) is 0 Å².